The molecule has 82 valence electrons. The summed E-state index contributed by atoms with van der Waals surface area (Å²) >= 11 is 11.8. The number of hydrogen-bond donors (Lipinski definition) is 2. The first-order chi connectivity index (χ1) is 6.89. The van der Waals surface area contributed by atoms with E-state index in [2.05, 4.69) is 0 Å². The number of rotatable bonds is 3. The van der Waals surface area contributed by atoms with Crippen molar-refractivity contribution < 1.29 is 9.90 Å². The number of nitrogen functional groups attached to an aromatic ring is 1. The molecular formula is C10H11Cl2NO2. The molecule has 0 saturated carbocycles. The highest BCUT2D eigenvalue weighted by Gasteiger charge is 2.43. The van der Waals surface area contributed by atoms with Crippen LogP contribution in [-0.2, 0) is 9.67 Å². The molecule has 15 heavy (non-hydrogen) atoms. The molecule has 0 bridgehead atoms. The quantitative estimate of drug-likeness (QED) is 0.637. The van der Waals surface area contributed by atoms with Crippen molar-refractivity contribution in [2.24, 2.45) is 0 Å². The average Bonchev–Trinajstić information content (AvgIpc) is 2.15. The zero-order valence-corrected chi connectivity index (χ0v) is 9.59. The van der Waals surface area contributed by atoms with Gasteiger partial charge in [-0.25, -0.2) is 4.79 Å². The van der Waals surface area contributed by atoms with Crippen LogP contribution in [0.1, 0.15) is 12.5 Å². The molecule has 2 unspecified atom stereocenters. The van der Waals surface area contributed by atoms with Gasteiger partial charge in [0.25, 0.3) is 0 Å². The first-order valence-electron chi connectivity index (χ1n) is 4.31. The molecule has 0 aliphatic carbocycles. The summed E-state index contributed by atoms with van der Waals surface area (Å²) in [6.45, 7) is 1.53. The minimum Gasteiger partial charge on any atom is -0.480 e. The van der Waals surface area contributed by atoms with Gasteiger partial charge in [-0.05, 0) is 24.6 Å². The maximum Gasteiger partial charge on any atom is 0.330 e. The van der Waals surface area contributed by atoms with E-state index >= 15 is 0 Å². The van der Waals surface area contributed by atoms with Crippen LogP contribution < -0.4 is 5.73 Å². The summed E-state index contributed by atoms with van der Waals surface area (Å²) < 4.78 is 0. The van der Waals surface area contributed by atoms with Crippen LogP contribution >= 0.6 is 23.2 Å². The Morgan fingerprint density at radius 1 is 1.60 bits per heavy atom. The summed E-state index contributed by atoms with van der Waals surface area (Å²) in [5.74, 6) is -1.18. The van der Waals surface area contributed by atoms with Crippen LogP contribution in [0, 0.1) is 0 Å². The van der Waals surface area contributed by atoms with E-state index in [0.29, 0.717) is 11.3 Å². The van der Waals surface area contributed by atoms with Gasteiger partial charge in [0.2, 0.25) is 0 Å². The molecule has 1 aromatic rings. The Balaban J connectivity index is 3.28. The van der Waals surface area contributed by atoms with Gasteiger partial charge in [-0.3, -0.25) is 0 Å². The molecule has 0 saturated heterocycles. The Kier molecular flexibility index (Phi) is 3.47. The number of hydrogen-bond acceptors (Lipinski definition) is 2. The minimum absolute atomic E-state index is 0.388. The summed E-state index contributed by atoms with van der Waals surface area (Å²) in [6, 6.07) is 6.40. The summed E-state index contributed by atoms with van der Waals surface area (Å²) in [4.78, 5) is 9.48. The fraction of sp³-hybridized carbons (Fsp3) is 0.300. The largest absolute Gasteiger partial charge is 0.480 e. The lowest BCUT2D eigenvalue weighted by atomic mass is 9.95. The van der Waals surface area contributed by atoms with Gasteiger partial charge in [-0.2, -0.15) is 0 Å². The van der Waals surface area contributed by atoms with Crippen molar-refractivity contribution in [1.82, 2.24) is 0 Å². The van der Waals surface area contributed by atoms with Crippen LogP contribution in [0.2, 0.25) is 0 Å². The maximum atomic E-state index is 11.1. The van der Waals surface area contributed by atoms with Crippen molar-refractivity contribution in [3.8, 4) is 0 Å². The molecule has 0 spiro atoms. The molecule has 0 aromatic heterocycles. The Labute approximate surface area is 97.8 Å². The van der Waals surface area contributed by atoms with E-state index in [9.17, 15) is 4.79 Å². The zero-order valence-electron chi connectivity index (χ0n) is 8.08. The van der Waals surface area contributed by atoms with Gasteiger partial charge in [-0.15, -0.1) is 11.6 Å². The summed E-state index contributed by atoms with van der Waals surface area (Å²) in [5, 5.41) is 8.34. The maximum absolute atomic E-state index is 11.1. The number of carboxylic acid groups (broad SMARTS) is 1. The Bertz CT molecular complexity index is 381. The van der Waals surface area contributed by atoms with E-state index in [1.165, 1.54) is 13.0 Å². The molecule has 3 nitrogen and oxygen atoms in total. The van der Waals surface area contributed by atoms with Gasteiger partial charge in [0.1, 0.15) is 0 Å². The van der Waals surface area contributed by atoms with E-state index in [0.717, 1.165) is 0 Å². The summed E-state index contributed by atoms with van der Waals surface area (Å²) in [7, 11) is 0. The lowest BCUT2D eigenvalue weighted by Crippen LogP contribution is -2.37. The molecule has 0 aliphatic heterocycles. The second-order valence-corrected chi connectivity index (χ2v) is 4.51. The number of nitrogens with two attached hydrogens (primary N) is 1. The molecule has 0 heterocycles. The molecule has 2 atom stereocenters. The molecule has 1 aromatic carbocycles. The van der Waals surface area contributed by atoms with E-state index in [1.54, 1.807) is 18.2 Å². The molecule has 0 fully saturated rings. The molecule has 3 N–H and O–H groups in total. The second kappa shape index (κ2) is 4.29. The standard InChI is InChI=1S/C10H11Cl2NO2/c1-6(11)10(12,9(14)15)7-3-2-4-8(13)5-7/h2-6H,13H2,1H3,(H,14,15). The molecule has 0 radical (unpaired) electrons. The summed E-state index contributed by atoms with van der Waals surface area (Å²) in [5.41, 5.74) is 6.40. The second-order valence-electron chi connectivity index (χ2n) is 3.26. The number of alkyl halides is 2. The van der Waals surface area contributed by atoms with Gasteiger partial charge in [0.15, 0.2) is 4.87 Å². The van der Waals surface area contributed by atoms with E-state index in [1.807, 2.05) is 0 Å². The molecule has 0 amide bonds. The Morgan fingerprint density at radius 3 is 2.60 bits per heavy atom. The Hall–Kier alpha value is -0.930. The molecule has 5 heteroatoms. The van der Waals surface area contributed by atoms with Crippen LogP contribution in [0.3, 0.4) is 0 Å². The molecule has 0 aliphatic rings. The smallest absolute Gasteiger partial charge is 0.330 e. The average molecular weight is 248 g/mol. The predicted molar refractivity (Wildman–Crippen MR) is 61.3 cm³/mol. The number of carboxylic acids is 1. The van der Waals surface area contributed by atoms with Crippen LogP contribution in [-0.4, -0.2) is 16.5 Å². The minimum atomic E-state index is -1.64. The third-order valence-electron chi connectivity index (χ3n) is 2.17. The summed E-state index contributed by atoms with van der Waals surface area (Å²) in [6.07, 6.45) is 0. The highest BCUT2D eigenvalue weighted by atomic mass is 35.5. The van der Waals surface area contributed by atoms with Gasteiger partial charge in [0.05, 0.1) is 5.38 Å². The Morgan fingerprint density at radius 2 is 2.20 bits per heavy atom. The van der Waals surface area contributed by atoms with Gasteiger partial charge >= 0.3 is 5.97 Å². The van der Waals surface area contributed by atoms with Gasteiger partial charge < -0.3 is 10.8 Å². The van der Waals surface area contributed by atoms with E-state index in [4.69, 9.17) is 34.0 Å². The van der Waals surface area contributed by atoms with Crippen molar-refractivity contribution in [1.29, 1.82) is 0 Å². The van der Waals surface area contributed by atoms with Crippen molar-refractivity contribution >= 4 is 34.9 Å². The number of carbonyl (C=O) groups is 1. The van der Waals surface area contributed by atoms with Crippen LogP contribution in [0.15, 0.2) is 24.3 Å². The third-order valence-corrected chi connectivity index (χ3v) is 3.31. The van der Waals surface area contributed by atoms with Crippen molar-refractivity contribution in [2.75, 3.05) is 5.73 Å². The van der Waals surface area contributed by atoms with E-state index < -0.39 is 16.2 Å². The van der Waals surface area contributed by atoms with Gasteiger partial charge in [0, 0.05) is 5.69 Å². The van der Waals surface area contributed by atoms with Crippen molar-refractivity contribution in [2.45, 2.75) is 17.2 Å². The number of aliphatic carboxylic acids is 1. The number of benzene rings is 1. The highest BCUT2D eigenvalue weighted by Crippen LogP contribution is 2.36. The fourth-order valence-corrected chi connectivity index (χ4v) is 1.63. The van der Waals surface area contributed by atoms with Crippen LogP contribution in [0.5, 0.6) is 0 Å². The first-order valence-corrected chi connectivity index (χ1v) is 5.13. The third kappa shape index (κ3) is 2.19. The SMILES string of the molecule is CC(Cl)C(Cl)(C(=O)O)c1cccc(N)c1. The lowest BCUT2D eigenvalue weighted by Gasteiger charge is -2.25. The monoisotopic (exact) mass is 247 g/mol. The topological polar surface area (TPSA) is 63.3 Å². The lowest BCUT2D eigenvalue weighted by molar-refractivity contribution is -0.140. The fourth-order valence-electron chi connectivity index (χ4n) is 1.29. The zero-order chi connectivity index (χ0) is 11.6. The van der Waals surface area contributed by atoms with Crippen molar-refractivity contribution in [3.05, 3.63) is 29.8 Å². The number of anilines is 1. The number of halogens is 2. The molecule has 1 rings (SSSR count). The van der Waals surface area contributed by atoms with Crippen LogP contribution in [0.25, 0.3) is 0 Å². The van der Waals surface area contributed by atoms with Crippen molar-refractivity contribution in [3.63, 3.8) is 0 Å². The normalized spacial score (nSPS) is 16.7. The van der Waals surface area contributed by atoms with Crippen LogP contribution in [0.4, 0.5) is 5.69 Å². The van der Waals surface area contributed by atoms with Gasteiger partial charge in [-0.1, -0.05) is 23.7 Å². The highest BCUT2D eigenvalue weighted by molar-refractivity contribution is 6.39. The first kappa shape index (κ1) is 12.1. The molecular weight excluding hydrogens is 237 g/mol. The van der Waals surface area contributed by atoms with E-state index in [-0.39, 0.29) is 0 Å². The predicted octanol–water partition coefficient (Wildman–Crippen LogP) is 2.41.